The van der Waals surface area contributed by atoms with Crippen LogP contribution in [0, 0.1) is 11.8 Å². The van der Waals surface area contributed by atoms with Gasteiger partial charge in [-0.1, -0.05) is 0 Å². The van der Waals surface area contributed by atoms with Crippen molar-refractivity contribution in [1.82, 2.24) is 15.1 Å². The van der Waals surface area contributed by atoms with E-state index in [0.29, 0.717) is 31.7 Å². The van der Waals surface area contributed by atoms with Crippen LogP contribution in [0.3, 0.4) is 0 Å². The van der Waals surface area contributed by atoms with E-state index < -0.39 is 24.5 Å². The molecule has 9 heteroatoms. The molecule has 2 atom stereocenters. The minimum atomic E-state index is -4.40. The van der Waals surface area contributed by atoms with Gasteiger partial charge < -0.3 is 15.1 Å². The molecule has 2 aliphatic rings. The summed E-state index contributed by atoms with van der Waals surface area (Å²) < 4.78 is 37.8. The summed E-state index contributed by atoms with van der Waals surface area (Å²) in [6.45, 7) is 3.12. The molecule has 0 aliphatic carbocycles. The van der Waals surface area contributed by atoms with E-state index in [-0.39, 0.29) is 31.4 Å². The maximum absolute atomic E-state index is 12.6. The molecule has 0 spiro atoms. The average Bonchev–Trinajstić information content (AvgIpc) is 3.09. The minimum Gasteiger partial charge on any atom is -0.342 e. The van der Waals surface area contributed by atoms with Crippen molar-refractivity contribution in [3.8, 4) is 0 Å². The van der Waals surface area contributed by atoms with Crippen molar-refractivity contribution in [2.45, 2.75) is 45.2 Å². The molecule has 152 valence electrons. The van der Waals surface area contributed by atoms with E-state index in [1.165, 1.54) is 0 Å². The van der Waals surface area contributed by atoms with Crippen molar-refractivity contribution < 1.29 is 22.8 Å². The number of nitrogens with zero attached hydrogens (tertiary/aromatic N) is 2. The first kappa shape index (κ1) is 23.0. The van der Waals surface area contributed by atoms with Gasteiger partial charge in [-0.3, -0.25) is 9.59 Å². The van der Waals surface area contributed by atoms with Crippen molar-refractivity contribution >= 4 is 24.2 Å². The van der Waals surface area contributed by atoms with E-state index in [2.05, 4.69) is 5.32 Å². The van der Waals surface area contributed by atoms with E-state index >= 15 is 0 Å². The summed E-state index contributed by atoms with van der Waals surface area (Å²) in [5.41, 5.74) is 0. The fraction of sp³-hybridized carbons (Fsp3) is 0.882. The Labute approximate surface area is 159 Å². The molecule has 0 aromatic rings. The highest BCUT2D eigenvalue weighted by molar-refractivity contribution is 5.85. The quantitative estimate of drug-likeness (QED) is 0.746. The number of piperidine rings is 1. The lowest BCUT2D eigenvalue weighted by atomic mass is 9.95. The second kappa shape index (κ2) is 10.3. The predicted octanol–water partition coefficient (Wildman–Crippen LogP) is 2.45. The molecule has 0 saturated carbocycles. The van der Waals surface area contributed by atoms with E-state index in [1.54, 1.807) is 11.8 Å². The smallest absolute Gasteiger partial charge is 0.342 e. The molecule has 1 N–H and O–H groups in total. The number of hydrogen-bond acceptors (Lipinski definition) is 3. The van der Waals surface area contributed by atoms with Gasteiger partial charge >= 0.3 is 6.18 Å². The van der Waals surface area contributed by atoms with Crippen molar-refractivity contribution in [3.63, 3.8) is 0 Å². The zero-order valence-corrected chi connectivity index (χ0v) is 16.0. The summed E-state index contributed by atoms with van der Waals surface area (Å²) in [5.74, 6) is -0.470. The van der Waals surface area contributed by atoms with Gasteiger partial charge in [-0.25, -0.2) is 0 Å². The highest BCUT2D eigenvalue weighted by atomic mass is 35.5. The Hall–Kier alpha value is -1.02. The first-order chi connectivity index (χ1) is 11.8. The van der Waals surface area contributed by atoms with Crippen LogP contribution < -0.4 is 5.32 Å². The maximum atomic E-state index is 12.6. The number of alkyl halides is 3. The van der Waals surface area contributed by atoms with Gasteiger partial charge in [0.2, 0.25) is 11.8 Å². The Kier molecular flexibility index (Phi) is 9.16. The fourth-order valence-corrected chi connectivity index (χ4v) is 3.67. The van der Waals surface area contributed by atoms with Crippen LogP contribution >= 0.6 is 12.4 Å². The van der Waals surface area contributed by atoms with E-state index in [4.69, 9.17) is 0 Å². The van der Waals surface area contributed by atoms with Crippen molar-refractivity contribution in [2.24, 2.45) is 11.8 Å². The Morgan fingerprint density at radius 1 is 1.27 bits per heavy atom. The molecule has 2 rings (SSSR count). The van der Waals surface area contributed by atoms with Crippen LogP contribution in [0.2, 0.25) is 0 Å². The highest BCUT2D eigenvalue weighted by Crippen LogP contribution is 2.23. The van der Waals surface area contributed by atoms with Gasteiger partial charge in [-0.15, -0.1) is 12.4 Å². The lowest BCUT2D eigenvalue weighted by Gasteiger charge is -2.35. The van der Waals surface area contributed by atoms with Crippen LogP contribution in [-0.4, -0.2) is 67.1 Å². The Bertz CT molecular complexity index is 471. The molecule has 2 fully saturated rings. The monoisotopic (exact) mass is 399 g/mol. The molecule has 0 aromatic carbocycles. The lowest BCUT2D eigenvalue weighted by Crippen LogP contribution is -2.48. The zero-order valence-electron chi connectivity index (χ0n) is 15.2. The molecule has 2 aliphatic heterocycles. The minimum absolute atomic E-state index is 0. The van der Waals surface area contributed by atoms with Gasteiger partial charge in [-0.2, -0.15) is 13.2 Å². The molecular weight excluding hydrogens is 371 g/mol. The standard InChI is InChI=1S/C17H28F3N3O2.ClH/c1-2-22(12-17(18,19)20)16(25)14-4-3-9-23(11-14)15(24)6-5-13-7-8-21-10-13;/h13-14,21H,2-12H2,1H3;1H. The van der Waals surface area contributed by atoms with Crippen LogP contribution in [0.5, 0.6) is 0 Å². The van der Waals surface area contributed by atoms with E-state index in [9.17, 15) is 22.8 Å². The molecule has 0 radical (unpaired) electrons. The first-order valence-corrected chi connectivity index (χ1v) is 9.14. The molecule has 26 heavy (non-hydrogen) atoms. The number of hydrogen-bond donors (Lipinski definition) is 1. The topological polar surface area (TPSA) is 52.7 Å². The number of amides is 2. The summed E-state index contributed by atoms with van der Waals surface area (Å²) in [4.78, 5) is 27.3. The molecular formula is C17H29ClF3N3O2. The van der Waals surface area contributed by atoms with Gasteiger partial charge in [0.05, 0.1) is 5.92 Å². The second-order valence-electron chi connectivity index (χ2n) is 7.04. The second-order valence-corrected chi connectivity index (χ2v) is 7.04. The van der Waals surface area contributed by atoms with E-state index in [1.807, 2.05) is 0 Å². The summed E-state index contributed by atoms with van der Waals surface area (Å²) >= 11 is 0. The van der Waals surface area contributed by atoms with Gasteiger partial charge in [0.1, 0.15) is 6.54 Å². The van der Waals surface area contributed by atoms with Gasteiger partial charge in [0.25, 0.3) is 0 Å². The molecule has 5 nitrogen and oxygen atoms in total. The summed E-state index contributed by atoms with van der Waals surface area (Å²) in [5, 5.41) is 3.27. The van der Waals surface area contributed by atoms with Crippen LogP contribution in [0.25, 0.3) is 0 Å². The molecule has 0 aromatic heterocycles. The van der Waals surface area contributed by atoms with Crippen molar-refractivity contribution in [1.29, 1.82) is 0 Å². The largest absolute Gasteiger partial charge is 0.406 e. The van der Waals surface area contributed by atoms with Gasteiger partial charge in [0, 0.05) is 26.1 Å². The SMILES string of the molecule is CCN(CC(F)(F)F)C(=O)C1CCCN(C(=O)CCC2CCNC2)C1.Cl. The normalized spacial score (nSPS) is 23.5. The van der Waals surface area contributed by atoms with Crippen molar-refractivity contribution in [2.75, 3.05) is 39.3 Å². The number of rotatable bonds is 6. The summed E-state index contributed by atoms with van der Waals surface area (Å²) in [7, 11) is 0. The Balaban J connectivity index is 0.00000338. The lowest BCUT2D eigenvalue weighted by molar-refractivity contribution is -0.164. The predicted molar refractivity (Wildman–Crippen MR) is 95.1 cm³/mol. The van der Waals surface area contributed by atoms with Crippen LogP contribution in [-0.2, 0) is 9.59 Å². The number of halogens is 4. The van der Waals surface area contributed by atoms with Crippen LogP contribution in [0.15, 0.2) is 0 Å². The number of carbonyl (C=O) groups is 2. The number of nitrogens with one attached hydrogen (secondary N) is 1. The number of likely N-dealkylation sites (tertiary alicyclic amines) is 1. The third-order valence-corrected chi connectivity index (χ3v) is 5.12. The van der Waals surface area contributed by atoms with Crippen LogP contribution in [0.4, 0.5) is 13.2 Å². The summed E-state index contributed by atoms with van der Waals surface area (Å²) in [6.07, 6.45) is -0.827. The zero-order chi connectivity index (χ0) is 18.4. The van der Waals surface area contributed by atoms with Gasteiger partial charge in [-0.05, 0) is 51.6 Å². The van der Waals surface area contributed by atoms with Crippen molar-refractivity contribution in [3.05, 3.63) is 0 Å². The third-order valence-electron chi connectivity index (χ3n) is 5.12. The highest BCUT2D eigenvalue weighted by Gasteiger charge is 2.36. The Morgan fingerprint density at radius 2 is 2.00 bits per heavy atom. The third kappa shape index (κ3) is 6.95. The maximum Gasteiger partial charge on any atom is 0.406 e. The van der Waals surface area contributed by atoms with Crippen LogP contribution in [0.1, 0.15) is 39.0 Å². The Morgan fingerprint density at radius 3 is 2.58 bits per heavy atom. The van der Waals surface area contributed by atoms with E-state index in [0.717, 1.165) is 30.8 Å². The first-order valence-electron chi connectivity index (χ1n) is 9.14. The van der Waals surface area contributed by atoms with Gasteiger partial charge in [0.15, 0.2) is 0 Å². The average molecular weight is 400 g/mol. The molecule has 0 bridgehead atoms. The molecule has 2 unspecified atom stereocenters. The molecule has 2 heterocycles. The fourth-order valence-electron chi connectivity index (χ4n) is 3.67. The summed E-state index contributed by atoms with van der Waals surface area (Å²) in [6, 6.07) is 0. The molecule has 2 amide bonds. The number of carbonyl (C=O) groups excluding carboxylic acids is 2. The molecule has 2 saturated heterocycles.